The van der Waals surface area contributed by atoms with E-state index < -0.39 is 5.97 Å². The molecule has 1 heterocycles. The van der Waals surface area contributed by atoms with E-state index in [0.29, 0.717) is 12.0 Å². The summed E-state index contributed by atoms with van der Waals surface area (Å²) in [5.41, 5.74) is 2.42. The number of carboxylic acids is 1. The second-order valence-corrected chi connectivity index (χ2v) is 4.32. The predicted molar refractivity (Wildman–Crippen MR) is 63.0 cm³/mol. The van der Waals surface area contributed by atoms with E-state index in [1.54, 1.807) is 12.1 Å². The number of hydrogen-bond acceptors (Lipinski definition) is 2. The van der Waals surface area contributed by atoms with Crippen LogP contribution in [0.2, 0.25) is 0 Å². The number of carboxylic acid groups (broad SMARTS) is 1. The van der Waals surface area contributed by atoms with Crippen LogP contribution in [0.4, 0.5) is 4.39 Å². The molecule has 4 heteroatoms. The quantitative estimate of drug-likeness (QED) is 0.871. The van der Waals surface area contributed by atoms with Crippen molar-refractivity contribution in [3.63, 3.8) is 0 Å². The van der Waals surface area contributed by atoms with Crippen LogP contribution in [0, 0.1) is 0 Å². The fraction of sp³-hybridized carbons (Fsp3) is 0.462. The average molecular weight is 237 g/mol. The van der Waals surface area contributed by atoms with Gasteiger partial charge in [0.25, 0.3) is 0 Å². The molecular weight excluding hydrogens is 221 g/mol. The molecule has 2 rings (SSSR count). The van der Waals surface area contributed by atoms with Gasteiger partial charge in [-0.15, -0.1) is 0 Å². The van der Waals surface area contributed by atoms with Crippen molar-refractivity contribution in [2.24, 2.45) is 0 Å². The topological polar surface area (TPSA) is 40.5 Å². The van der Waals surface area contributed by atoms with Gasteiger partial charge in [-0.3, -0.25) is 9.29 Å². The molecule has 0 aliphatic carbocycles. The van der Waals surface area contributed by atoms with Crippen LogP contribution in [-0.2, 0) is 13.0 Å². The lowest BCUT2D eigenvalue weighted by molar-refractivity contribution is 0.0694. The summed E-state index contributed by atoms with van der Waals surface area (Å²) < 4.78 is 12.1. The normalized spacial score (nSPS) is 15.6. The van der Waals surface area contributed by atoms with E-state index in [9.17, 15) is 9.18 Å². The summed E-state index contributed by atoms with van der Waals surface area (Å²) in [5, 5.41) is 9.08. The number of benzene rings is 1. The van der Waals surface area contributed by atoms with Crippen molar-refractivity contribution < 1.29 is 14.3 Å². The summed E-state index contributed by atoms with van der Waals surface area (Å²) in [4.78, 5) is 13.2. The van der Waals surface area contributed by atoms with Crippen LogP contribution in [0.3, 0.4) is 0 Å². The van der Waals surface area contributed by atoms with Crippen molar-refractivity contribution in [1.82, 2.24) is 4.90 Å². The number of rotatable bonds is 4. The van der Waals surface area contributed by atoms with Crippen LogP contribution in [0.1, 0.15) is 27.9 Å². The largest absolute Gasteiger partial charge is 0.478 e. The predicted octanol–water partition coefficient (Wildman–Crippen LogP) is 2.10. The molecule has 0 saturated heterocycles. The summed E-state index contributed by atoms with van der Waals surface area (Å²) in [6.07, 6.45) is 1.29. The van der Waals surface area contributed by atoms with Crippen LogP contribution in [0.5, 0.6) is 0 Å². The van der Waals surface area contributed by atoms with E-state index in [0.717, 1.165) is 37.2 Å². The van der Waals surface area contributed by atoms with Crippen LogP contribution in [0.25, 0.3) is 0 Å². The third kappa shape index (κ3) is 2.64. The first-order chi connectivity index (χ1) is 8.22. The Hall–Kier alpha value is -1.42. The second-order valence-electron chi connectivity index (χ2n) is 4.32. The third-order valence-corrected chi connectivity index (χ3v) is 3.18. The Kier molecular flexibility index (Phi) is 3.74. The Labute approximate surface area is 99.9 Å². The summed E-state index contributed by atoms with van der Waals surface area (Å²) in [6, 6.07) is 5.39. The molecule has 3 nitrogen and oxygen atoms in total. The second kappa shape index (κ2) is 5.27. The van der Waals surface area contributed by atoms with Crippen molar-refractivity contribution in [3.05, 3.63) is 34.9 Å². The average Bonchev–Trinajstić information content (AvgIpc) is 2.35. The third-order valence-electron chi connectivity index (χ3n) is 3.18. The first kappa shape index (κ1) is 12.0. The molecule has 0 aromatic heterocycles. The van der Waals surface area contributed by atoms with Gasteiger partial charge in [0.1, 0.15) is 0 Å². The maximum absolute atomic E-state index is 12.1. The van der Waals surface area contributed by atoms with Gasteiger partial charge in [0, 0.05) is 19.6 Å². The number of halogens is 1. The van der Waals surface area contributed by atoms with Gasteiger partial charge in [0.05, 0.1) is 12.2 Å². The first-order valence-electron chi connectivity index (χ1n) is 5.84. The van der Waals surface area contributed by atoms with Gasteiger partial charge >= 0.3 is 5.97 Å². The van der Waals surface area contributed by atoms with E-state index in [1.807, 2.05) is 6.07 Å². The van der Waals surface area contributed by atoms with Crippen molar-refractivity contribution in [2.75, 3.05) is 19.8 Å². The lowest BCUT2D eigenvalue weighted by atomic mass is 9.94. The minimum Gasteiger partial charge on any atom is -0.478 e. The highest BCUT2D eigenvalue weighted by Gasteiger charge is 2.20. The minimum absolute atomic E-state index is 0.293. The molecule has 1 aromatic rings. The molecule has 0 spiro atoms. The highest BCUT2D eigenvalue weighted by atomic mass is 19.1. The molecule has 1 aliphatic rings. The minimum atomic E-state index is -0.862. The van der Waals surface area contributed by atoms with Crippen LogP contribution in [0.15, 0.2) is 18.2 Å². The number of nitrogens with zero attached hydrogens (tertiary/aromatic N) is 1. The van der Waals surface area contributed by atoms with Crippen molar-refractivity contribution >= 4 is 5.97 Å². The van der Waals surface area contributed by atoms with Gasteiger partial charge in [-0.1, -0.05) is 12.1 Å². The van der Waals surface area contributed by atoms with Crippen molar-refractivity contribution in [1.29, 1.82) is 0 Å². The summed E-state index contributed by atoms with van der Waals surface area (Å²) in [5.74, 6) is -0.862. The molecule has 0 atom stereocenters. The Morgan fingerprint density at radius 1 is 1.47 bits per heavy atom. The number of hydrogen-bond donors (Lipinski definition) is 1. The summed E-state index contributed by atoms with van der Waals surface area (Å²) in [6.45, 7) is 2.00. The zero-order chi connectivity index (χ0) is 12.3. The van der Waals surface area contributed by atoms with E-state index >= 15 is 0 Å². The van der Waals surface area contributed by atoms with Gasteiger partial charge in [0.15, 0.2) is 0 Å². The lowest BCUT2D eigenvalue weighted by Gasteiger charge is -2.29. The van der Waals surface area contributed by atoms with E-state index in [1.165, 1.54) is 0 Å². The van der Waals surface area contributed by atoms with E-state index in [-0.39, 0.29) is 6.67 Å². The highest BCUT2D eigenvalue weighted by molar-refractivity contribution is 5.89. The molecule has 17 heavy (non-hydrogen) atoms. The molecule has 1 N–H and O–H groups in total. The standard InChI is InChI=1S/C13H16FNO2/c14-6-2-7-15-8-5-11-10(9-15)3-1-4-12(11)13(16)17/h1,3-4H,2,5-9H2,(H,16,17). The molecular formula is C13H16FNO2. The van der Waals surface area contributed by atoms with Crippen molar-refractivity contribution in [3.8, 4) is 0 Å². The van der Waals surface area contributed by atoms with Crippen molar-refractivity contribution in [2.45, 2.75) is 19.4 Å². The first-order valence-corrected chi connectivity index (χ1v) is 5.84. The molecule has 0 amide bonds. The summed E-state index contributed by atoms with van der Waals surface area (Å²) in [7, 11) is 0. The monoisotopic (exact) mass is 237 g/mol. The maximum atomic E-state index is 12.1. The molecule has 0 saturated carbocycles. The van der Waals surface area contributed by atoms with Crippen LogP contribution >= 0.6 is 0 Å². The fourth-order valence-corrected chi connectivity index (χ4v) is 2.34. The van der Waals surface area contributed by atoms with Gasteiger partial charge < -0.3 is 5.11 Å². The molecule has 0 fully saturated rings. The Bertz CT molecular complexity index is 420. The lowest BCUT2D eigenvalue weighted by Crippen LogP contribution is -2.32. The Morgan fingerprint density at radius 2 is 2.29 bits per heavy atom. The smallest absolute Gasteiger partial charge is 0.335 e. The summed E-state index contributed by atoms with van der Waals surface area (Å²) >= 11 is 0. The Morgan fingerprint density at radius 3 is 3.00 bits per heavy atom. The van der Waals surface area contributed by atoms with Gasteiger partial charge in [-0.05, 0) is 30.0 Å². The zero-order valence-corrected chi connectivity index (χ0v) is 9.66. The van der Waals surface area contributed by atoms with E-state index in [4.69, 9.17) is 5.11 Å². The van der Waals surface area contributed by atoms with Crippen LogP contribution < -0.4 is 0 Å². The molecule has 0 bridgehead atoms. The number of aromatic carboxylic acids is 1. The number of alkyl halides is 1. The Balaban J connectivity index is 2.16. The number of carbonyl (C=O) groups is 1. The highest BCUT2D eigenvalue weighted by Crippen LogP contribution is 2.22. The van der Waals surface area contributed by atoms with Gasteiger partial charge in [-0.25, -0.2) is 4.79 Å². The molecule has 92 valence electrons. The van der Waals surface area contributed by atoms with E-state index in [2.05, 4.69) is 4.90 Å². The van der Waals surface area contributed by atoms with Gasteiger partial charge in [-0.2, -0.15) is 0 Å². The molecule has 0 unspecified atom stereocenters. The molecule has 1 aromatic carbocycles. The molecule has 0 radical (unpaired) electrons. The number of fused-ring (bicyclic) bond motifs is 1. The zero-order valence-electron chi connectivity index (χ0n) is 9.66. The SMILES string of the molecule is O=C(O)c1cccc2c1CCN(CCCF)C2. The van der Waals surface area contributed by atoms with Crippen LogP contribution in [-0.4, -0.2) is 35.7 Å². The van der Waals surface area contributed by atoms with Gasteiger partial charge in [0.2, 0.25) is 0 Å². The fourth-order valence-electron chi connectivity index (χ4n) is 2.34. The maximum Gasteiger partial charge on any atom is 0.335 e. The molecule has 1 aliphatic heterocycles.